The normalized spacial score (nSPS) is 10.6. The van der Waals surface area contributed by atoms with Crippen LogP contribution in [0.3, 0.4) is 0 Å². The van der Waals surface area contributed by atoms with Crippen LogP contribution in [0.2, 0.25) is 5.02 Å². The van der Waals surface area contributed by atoms with Gasteiger partial charge >= 0.3 is 0 Å². The number of benzene rings is 2. The third-order valence-corrected chi connectivity index (χ3v) is 2.93. The number of nitrogens with one attached hydrogen (secondary N) is 1. The number of anilines is 1. The Labute approximate surface area is 128 Å². The summed E-state index contributed by atoms with van der Waals surface area (Å²) in [5.41, 5.74) is 2.71. The average molecular weight is 303 g/mol. The van der Waals surface area contributed by atoms with Crippen molar-refractivity contribution in [2.75, 3.05) is 11.9 Å². The summed E-state index contributed by atoms with van der Waals surface area (Å²) in [6, 6.07) is 14.7. The van der Waals surface area contributed by atoms with Crippen molar-refractivity contribution in [1.82, 2.24) is 0 Å². The summed E-state index contributed by atoms with van der Waals surface area (Å²) < 4.78 is 0. The molecule has 2 aromatic carbocycles. The maximum absolute atomic E-state index is 11.6. The van der Waals surface area contributed by atoms with Crippen LogP contribution in [-0.2, 0) is 9.63 Å². The van der Waals surface area contributed by atoms with E-state index in [1.165, 1.54) is 6.21 Å². The Balaban J connectivity index is 1.76. The van der Waals surface area contributed by atoms with Gasteiger partial charge in [-0.05, 0) is 36.8 Å². The van der Waals surface area contributed by atoms with E-state index < -0.39 is 0 Å². The molecule has 5 heteroatoms. The first-order valence-electron chi connectivity index (χ1n) is 6.41. The van der Waals surface area contributed by atoms with Crippen molar-refractivity contribution in [3.8, 4) is 0 Å². The first kappa shape index (κ1) is 15.1. The molecule has 0 fully saturated rings. The van der Waals surface area contributed by atoms with E-state index in [1.807, 2.05) is 43.3 Å². The minimum absolute atomic E-state index is 0.141. The van der Waals surface area contributed by atoms with Crippen LogP contribution >= 0.6 is 11.6 Å². The Bertz CT molecular complexity index is 622. The molecule has 108 valence electrons. The molecule has 0 aliphatic carbocycles. The highest BCUT2D eigenvalue weighted by molar-refractivity contribution is 6.30. The van der Waals surface area contributed by atoms with Crippen LogP contribution in [0.25, 0.3) is 0 Å². The molecule has 0 bridgehead atoms. The predicted molar refractivity (Wildman–Crippen MR) is 84.8 cm³/mol. The molecule has 21 heavy (non-hydrogen) atoms. The highest BCUT2D eigenvalue weighted by Crippen LogP contribution is 2.09. The number of nitrogens with zero attached hydrogens (tertiary/aromatic N) is 1. The summed E-state index contributed by atoms with van der Waals surface area (Å²) in [6.45, 7) is 1.85. The van der Waals surface area contributed by atoms with E-state index in [0.717, 1.165) is 16.8 Å². The molecule has 0 atom stereocenters. The van der Waals surface area contributed by atoms with Gasteiger partial charge in [0.2, 0.25) is 0 Å². The molecule has 0 unspecified atom stereocenters. The van der Waals surface area contributed by atoms with Gasteiger partial charge in [0.15, 0.2) is 6.61 Å². The van der Waals surface area contributed by atoms with Crippen molar-refractivity contribution in [2.24, 2.45) is 5.16 Å². The largest absolute Gasteiger partial charge is 0.386 e. The van der Waals surface area contributed by atoms with E-state index in [4.69, 9.17) is 16.4 Å². The summed E-state index contributed by atoms with van der Waals surface area (Å²) in [7, 11) is 0. The zero-order chi connectivity index (χ0) is 15.1. The predicted octanol–water partition coefficient (Wildman–Crippen LogP) is 3.64. The third kappa shape index (κ3) is 5.28. The quantitative estimate of drug-likeness (QED) is 0.677. The van der Waals surface area contributed by atoms with Crippen molar-refractivity contribution < 1.29 is 9.63 Å². The lowest BCUT2D eigenvalue weighted by molar-refractivity contribution is -0.120. The molecule has 0 saturated heterocycles. The van der Waals surface area contributed by atoms with Crippen molar-refractivity contribution >= 4 is 29.4 Å². The molecule has 4 nitrogen and oxygen atoms in total. The molecular weight excluding hydrogens is 288 g/mol. The maximum Gasteiger partial charge on any atom is 0.265 e. The zero-order valence-electron chi connectivity index (χ0n) is 11.5. The molecule has 0 spiro atoms. The Morgan fingerprint density at radius 1 is 1.19 bits per heavy atom. The number of amides is 1. The number of carbonyl (C=O) groups is 1. The average Bonchev–Trinajstić information content (AvgIpc) is 2.48. The van der Waals surface area contributed by atoms with Crippen molar-refractivity contribution in [1.29, 1.82) is 0 Å². The number of halogens is 1. The Kier molecular flexibility index (Phi) is 5.35. The Hall–Kier alpha value is -2.33. The molecule has 0 radical (unpaired) electrons. The maximum atomic E-state index is 11.6. The van der Waals surface area contributed by atoms with E-state index in [0.29, 0.717) is 5.02 Å². The molecule has 1 amide bonds. The van der Waals surface area contributed by atoms with Gasteiger partial charge in [-0.15, -0.1) is 0 Å². The van der Waals surface area contributed by atoms with E-state index in [1.54, 1.807) is 12.1 Å². The van der Waals surface area contributed by atoms with Gasteiger partial charge in [0.1, 0.15) is 0 Å². The first-order chi connectivity index (χ1) is 10.1. The fourth-order valence-electron chi connectivity index (χ4n) is 1.58. The van der Waals surface area contributed by atoms with E-state index >= 15 is 0 Å². The number of hydrogen-bond donors (Lipinski definition) is 1. The standard InChI is InChI=1S/C16H15ClN2O2/c1-12-2-8-15(9-3-12)19-16(20)11-21-18-10-13-4-6-14(17)7-5-13/h2-10H,11H2,1H3,(H,19,20)/b18-10+. The number of rotatable bonds is 5. The van der Waals surface area contributed by atoms with E-state index in [2.05, 4.69) is 10.5 Å². The van der Waals surface area contributed by atoms with Crippen LogP contribution in [0.5, 0.6) is 0 Å². The summed E-state index contributed by atoms with van der Waals surface area (Å²) in [5.74, 6) is -0.257. The minimum Gasteiger partial charge on any atom is -0.386 e. The van der Waals surface area contributed by atoms with Crippen molar-refractivity contribution in [2.45, 2.75) is 6.92 Å². The van der Waals surface area contributed by atoms with Gasteiger partial charge in [-0.25, -0.2) is 0 Å². The van der Waals surface area contributed by atoms with Gasteiger partial charge in [-0.3, -0.25) is 4.79 Å². The van der Waals surface area contributed by atoms with E-state index in [9.17, 15) is 4.79 Å². The third-order valence-electron chi connectivity index (χ3n) is 2.68. The second-order valence-corrected chi connectivity index (χ2v) is 4.91. The lowest BCUT2D eigenvalue weighted by Gasteiger charge is -2.04. The minimum atomic E-state index is -0.257. The van der Waals surface area contributed by atoms with Crippen LogP contribution in [0.4, 0.5) is 5.69 Å². The van der Waals surface area contributed by atoms with Gasteiger partial charge in [-0.2, -0.15) is 0 Å². The van der Waals surface area contributed by atoms with Crippen LogP contribution in [0, 0.1) is 6.92 Å². The van der Waals surface area contributed by atoms with Gasteiger partial charge < -0.3 is 10.2 Å². The summed E-state index contributed by atoms with van der Waals surface area (Å²) in [5, 5.41) is 7.12. The smallest absolute Gasteiger partial charge is 0.265 e. The molecule has 0 aliphatic heterocycles. The molecule has 0 saturated carbocycles. The van der Waals surface area contributed by atoms with Crippen LogP contribution < -0.4 is 5.32 Å². The Morgan fingerprint density at radius 3 is 2.52 bits per heavy atom. The summed E-state index contributed by atoms with van der Waals surface area (Å²) in [6.07, 6.45) is 1.52. The molecule has 0 heterocycles. The van der Waals surface area contributed by atoms with Gasteiger partial charge in [-0.1, -0.05) is 46.6 Å². The first-order valence-corrected chi connectivity index (χ1v) is 6.79. The second kappa shape index (κ2) is 7.45. The SMILES string of the molecule is Cc1ccc(NC(=O)CO/N=C/c2ccc(Cl)cc2)cc1. The fourth-order valence-corrected chi connectivity index (χ4v) is 1.70. The molecule has 2 rings (SSSR count). The van der Waals surface area contributed by atoms with Gasteiger partial charge in [0.05, 0.1) is 6.21 Å². The van der Waals surface area contributed by atoms with E-state index in [-0.39, 0.29) is 12.5 Å². The topological polar surface area (TPSA) is 50.7 Å². The van der Waals surface area contributed by atoms with Gasteiger partial charge in [0, 0.05) is 10.7 Å². The zero-order valence-corrected chi connectivity index (χ0v) is 12.3. The second-order valence-electron chi connectivity index (χ2n) is 4.47. The number of carbonyl (C=O) groups excluding carboxylic acids is 1. The van der Waals surface area contributed by atoms with Crippen LogP contribution in [0.1, 0.15) is 11.1 Å². The molecule has 0 aromatic heterocycles. The van der Waals surface area contributed by atoms with Crippen LogP contribution in [0.15, 0.2) is 53.7 Å². The number of oxime groups is 1. The molecule has 0 aliphatic rings. The van der Waals surface area contributed by atoms with Gasteiger partial charge in [0.25, 0.3) is 5.91 Å². The monoisotopic (exact) mass is 302 g/mol. The molecule has 1 N–H and O–H groups in total. The van der Waals surface area contributed by atoms with Crippen molar-refractivity contribution in [3.05, 3.63) is 64.7 Å². The van der Waals surface area contributed by atoms with Crippen molar-refractivity contribution in [3.63, 3.8) is 0 Å². The number of hydrogen-bond acceptors (Lipinski definition) is 3. The molecular formula is C16H15ClN2O2. The molecule has 2 aromatic rings. The Morgan fingerprint density at radius 2 is 1.86 bits per heavy atom. The summed E-state index contributed by atoms with van der Waals surface area (Å²) >= 11 is 5.77. The summed E-state index contributed by atoms with van der Waals surface area (Å²) in [4.78, 5) is 16.6. The number of aryl methyl sites for hydroxylation is 1. The highest BCUT2D eigenvalue weighted by atomic mass is 35.5. The lowest BCUT2D eigenvalue weighted by Crippen LogP contribution is -2.16. The fraction of sp³-hybridized carbons (Fsp3) is 0.125. The highest BCUT2D eigenvalue weighted by Gasteiger charge is 2.01. The lowest BCUT2D eigenvalue weighted by atomic mass is 10.2. The van der Waals surface area contributed by atoms with Crippen LogP contribution in [-0.4, -0.2) is 18.7 Å².